The molecule has 0 heterocycles. The van der Waals surface area contributed by atoms with Crippen LogP contribution in [0.3, 0.4) is 0 Å². The Kier molecular flexibility index (Phi) is 3.04. The van der Waals surface area contributed by atoms with Gasteiger partial charge in [0, 0.05) is 6.07 Å². The van der Waals surface area contributed by atoms with Crippen molar-refractivity contribution in [3.63, 3.8) is 0 Å². The molecule has 0 aromatic heterocycles. The minimum Gasteiger partial charge on any atom is -0.497 e. The fraction of sp³-hybridized carbons (Fsp3) is 0.143. The van der Waals surface area contributed by atoms with Crippen molar-refractivity contribution < 1.29 is 8.62 Å². The summed E-state index contributed by atoms with van der Waals surface area (Å²) in [6.45, 7) is 0. The summed E-state index contributed by atoms with van der Waals surface area (Å²) in [6.07, 6.45) is 0. The summed E-state index contributed by atoms with van der Waals surface area (Å²) >= 11 is 0.0684. The maximum Gasteiger partial charge on any atom is 0.162 e. The average molecular weight is 173 g/mol. The number of hydrogen-bond acceptors (Lipinski definition) is 3. The van der Waals surface area contributed by atoms with Crippen LogP contribution in [0.5, 0.6) is 5.75 Å². The molecule has 0 amide bonds. The number of anilines is 1. The predicted molar refractivity (Wildman–Crippen MR) is 45.3 cm³/mol. The summed E-state index contributed by atoms with van der Waals surface area (Å²) < 4.78 is 19.1. The van der Waals surface area contributed by atoms with E-state index in [1.807, 2.05) is 0 Å². The minimum absolute atomic E-state index is 0.0684. The van der Waals surface area contributed by atoms with Gasteiger partial charge in [0.05, 0.1) is 12.8 Å². The Morgan fingerprint density at radius 3 is 3.00 bits per heavy atom. The van der Waals surface area contributed by atoms with Crippen LogP contribution in [0.4, 0.5) is 9.57 Å². The first kappa shape index (κ1) is 8.20. The fourth-order valence-electron chi connectivity index (χ4n) is 0.731. The smallest absolute Gasteiger partial charge is 0.162 e. The summed E-state index contributed by atoms with van der Waals surface area (Å²) in [4.78, 5) is 0. The second-order valence-corrected chi connectivity index (χ2v) is 2.27. The van der Waals surface area contributed by atoms with Crippen LogP contribution in [0.2, 0.25) is 0 Å². The first-order valence-corrected chi connectivity index (χ1v) is 3.76. The maximum atomic E-state index is 11.7. The normalized spacial score (nSPS) is 9.27. The van der Waals surface area contributed by atoms with Crippen molar-refractivity contribution in [2.24, 2.45) is 0 Å². The first-order valence-electron chi connectivity index (χ1n) is 3.04. The molecular formula is C7H8FNOS. The molecule has 0 unspecified atom stereocenters. The standard InChI is InChI=1S/C7H8FNOS/c1-10-7-4-2-3-6(5-7)9-11-8/h2-5,9H,1H3. The van der Waals surface area contributed by atoms with Crippen molar-refractivity contribution in [1.29, 1.82) is 0 Å². The van der Waals surface area contributed by atoms with Crippen molar-refractivity contribution in [2.75, 3.05) is 11.8 Å². The number of methoxy groups -OCH3 is 1. The predicted octanol–water partition coefficient (Wildman–Crippen LogP) is 2.64. The highest BCUT2D eigenvalue weighted by Gasteiger charge is 1.93. The van der Waals surface area contributed by atoms with Crippen molar-refractivity contribution in [1.82, 2.24) is 0 Å². The lowest BCUT2D eigenvalue weighted by molar-refractivity contribution is 0.415. The Balaban J connectivity index is 2.74. The van der Waals surface area contributed by atoms with Gasteiger partial charge in [-0.25, -0.2) is 0 Å². The van der Waals surface area contributed by atoms with E-state index in [1.54, 1.807) is 31.4 Å². The Bertz CT molecular complexity index is 231. The molecule has 1 aromatic carbocycles. The molecule has 0 aliphatic rings. The number of halogens is 1. The van der Waals surface area contributed by atoms with Crippen molar-refractivity contribution in [3.05, 3.63) is 24.3 Å². The third-order valence-electron chi connectivity index (χ3n) is 1.23. The summed E-state index contributed by atoms with van der Waals surface area (Å²) in [7, 11) is 1.57. The summed E-state index contributed by atoms with van der Waals surface area (Å²) in [5, 5.41) is 0. The van der Waals surface area contributed by atoms with Gasteiger partial charge >= 0.3 is 0 Å². The van der Waals surface area contributed by atoms with Crippen LogP contribution in [-0.4, -0.2) is 7.11 Å². The SMILES string of the molecule is COc1cccc(NSF)c1. The van der Waals surface area contributed by atoms with E-state index in [4.69, 9.17) is 4.74 Å². The highest BCUT2D eigenvalue weighted by molar-refractivity contribution is 7.95. The molecule has 0 aliphatic carbocycles. The molecule has 0 fully saturated rings. The minimum atomic E-state index is 0.0684. The molecule has 1 aromatic rings. The zero-order chi connectivity index (χ0) is 8.10. The summed E-state index contributed by atoms with van der Waals surface area (Å²) in [5.74, 6) is 0.712. The van der Waals surface area contributed by atoms with Crippen LogP contribution in [0.25, 0.3) is 0 Å². The Labute approximate surface area is 69.2 Å². The van der Waals surface area contributed by atoms with Crippen LogP contribution in [0.15, 0.2) is 24.3 Å². The number of benzene rings is 1. The van der Waals surface area contributed by atoms with E-state index in [1.165, 1.54) is 0 Å². The van der Waals surface area contributed by atoms with Gasteiger partial charge in [-0.15, -0.1) is 3.89 Å². The van der Waals surface area contributed by atoms with E-state index in [0.29, 0.717) is 11.4 Å². The van der Waals surface area contributed by atoms with Gasteiger partial charge in [0.1, 0.15) is 5.75 Å². The van der Waals surface area contributed by atoms with Gasteiger partial charge in [0.25, 0.3) is 0 Å². The number of ether oxygens (including phenoxy) is 1. The monoisotopic (exact) mass is 173 g/mol. The Hall–Kier alpha value is -0.900. The first-order chi connectivity index (χ1) is 5.36. The Morgan fingerprint density at radius 1 is 1.55 bits per heavy atom. The number of nitrogens with one attached hydrogen (secondary N) is 1. The van der Waals surface area contributed by atoms with E-state index < -0.39 is 0 Å². The summed E-state index contributed by atoms with van der Waals surface area (Å²) in [5.41, 5.74) is 0.692. The molecule has 0 radical (unpaired) electrons. The quantitative estimate of drug-likeness (QED) is 0.710. The third kappa shape index (κ3) is 2.31. The molecule has 60 valence electrons. The van der Waals surface area contributed by atoms with E-state index in [2.05, 4.69) is 4.72 Å². The average Bonchev–Trinajstić information content (AvgIpc) is 2.06. The second-order valence-electron chi connectivity index (χ2n) is 1.91. The van der Waals surface area contributed by atoms with E-state index >= 15 is 0 Å². The molecular weight excluding hydrogens is 165 g/mol. The molecule has 0 spiro atoms. The molecule has 0 saturated carbocycles. The van der Waals surface area contributed by atoms with Gasteiger partial charge in [-0.3, -0.25) is 0 Å². The molecule has 0 saturated heterocycles. The van der Waals surface area contributed by atoms with Gasteiger partial charge < -0.3 is 9.46 Å². The van der Waals surface area contributed by atoms with Gasteiger partial charge in [-0.1, -0.05) is 6.07 Å². The molecule has 0 bridgehead atoms. The van der Waals surface area contributed by atoms with E-state index in [0.717, 1.165) is 0 Å². The van der Waals surface area contributed by atoms with E-state index in [9.17, 15) is 3.89 Å². The van der Waals surface area contributed by atoms with Crippen molar-refractivity contribution in [2.45, 2.75) is 0 Å². The third-order valence-corrected chi connectivity index (χ3v) is 1.54. The lowest BCUT2D eigenvalue weighted by Gasteiger charge is -2.02. The number of hydrogen-bond donors (Lipinski definition) is 1. The van der Waals surface area contributed by atoms with E-state index in [-0.39, 0.29) is 12.3 Å². The van der Waals surface area contributed by atoms with Crippen molar-refractivity contribution in [3.8, 4) is 5.75 Å². The lowest BCUT2D eigenvalue weighted by atomic mass is 10.3. The van der Waals surface area contributed by atoms with Gasteiger partial charge in [0.15, 0.2) is 12.3 Å². The van der Waals surface area contributed by atoms with Crippen LogP contribution in [0, 0.1) is 0 Å². The molecule has 0 atom stereocenters. The molecule has 1 rings (SSSR count). The highest BCUT2D eigenvalue weighted by Crippen LogP contribution is 2.19. The lowest BCUT2D eigenvalue weighted by Crippen LogP contribution is -1.85. The molecule has 11 heavy (non-hydrogen) atoms. The highest BCUT2D eigenvalue weighted by atomic mass is 32.2. The molecule has 4 heteroatoms. The van der Waals surface area contributed by atoms with Gasteiger partial charge in [-0.05, 0) is 12.1 Å². The van der Waals surface area contributed by atoms with Gasteiger partial charge in [0.2, 0.25) is 0 Å². The molecule has 2 nitrogen and oxygen atoms in total. The van der Waals surface area contributed by atoms with Crippen molar-refractivity contribution >= 4 is 18.0 Å². The zero-order valence-corrected chi connectivity index (χ0v) is 6.82. The van der Waals surface area contributed by atoms with Crippen LogP contribution in [-0.2, 0) is 0 Å². The largest absolute Gasteiger partial charge is 0.497 e. The van der Waals surface area contributed by atoms with Crippen LogP contribution >= 0.6 is 12.3 Å². The van der Waals surface area contributed by atoms with Crippen LogP contribution in [0.1, 0.15) is 0 Å². The maximum absolute atomic E-state index is 11.7. The molecule has 1 N–H and O–H groups in total. The van der Waals surface area contributed by atoms with Crippen LogP contribution < -0.4 is 9.46 Å². The molecule has 0 aliphatic heterocycles. The topological polar surface area (TPSA) is 21.3 Å². The fourth-order valence-corrected chi connectivity index (χ4v) is 0.947. The summed E-state index contributed by atoms with van der Waals surface area (Å²) in [6, 6.07) is 7.06. The second kappa shape index (κ2) is 4.08. The Morgan fingerprint density at radius 2 is 2.36 bits per heavy atom. The number of rotatable bonds is 3. The van der Waals surface area contributed by atoms with Gasteiger partial charge in [-0.2, -0.15) is 0 Å². The zero-order valence-electron chi connectivity index (χ0n) is 6.00.